The molecule has 0 radical (unpaired) electrons. The van der Waals surface area contributed by atoms with Crippen molar-refractivity contribution in [2.75, 3.05) is 0 Å². The van der Waals surface area contributed by atoms with Crippen molar-refractivity contribution >= 4 is 106 Å². The molecule has 0 heterocycles. The van der Waals surface area contributed by atoms with Crippen molar-refractivity contribution in [2.24, 2.45) is 0 Å². The van der Waals surface area contributed by atoms with E-state index in [0.717, 1.165) is 22.4 Å². The van der Waals surface area contributed by atoms with Crippen molar-refractivity contribution < 1.29 is 0 Å². The van der Waals surface area contributed by atoms with Gasteiger partial charge in [-0.3, -0.25) is 0 Å². The molecule has 0 atom stereocenters. The van der Waals surface area contributed by atoms with Crippen molar-refractivity contribution in [3.63, 3.8) is 0 Å². The van der Waals surface area contributed by atoms with Crippen molar-refractivity contribution in [1.82, 2.24) is 0 Å². The van der Waals surface area contributed by atoms with Gasteiger partial charge in [0, 0.05) is 0 Å². The Morgan fingerprint density at radius 1 is 1.25 bits per heavy atom. The summed E-state index contributed by atoms with van der Waals surface area (Å²) >= 11 is 0.733. The van der Waals surface area contributed by atoms with E-state index < -0.39 is 0 Å². The van der Waals surface area contributed by atoms with E-state index in [9.17, 15) is 0 Å². The van der Waals surface area contributed by atoms with E-state index in [1.54, 1.807) is 0 Å². The van der Waals surface area contributed by atoms with Gasteiger partial charge in [-0.2, -0.15) is 0 Å². The van der Waals surface area contributed by atoms with E-state index in [1.165, 1.54) is 0 Å². The van der Waals surface area contributed by atoms with Gasteiger partial charge >= 0.3 is 106 Å². The average molecular weight is 499 g/mol. The van der Waals surface area contributed by atoms with Gasteiger partial charge in [-0.1, -0.05) is 0 Å². The van der Waals surface area contributed by atoms with Crippen molar-refractivity contribution in [3.8, 4) is 0 Å². The van der Waals surface area contributed by atoms with Crippen molar-refractivity contribution in [3.05, 3.63) is 0 Å². The van der Waals surface area contributed by atoms with Gasteiger partial charge < -0.3 is 0 Å². The quantitative estimate of drug-likeness (QED) is 0.345. The molecule has 0 aromatic rings. The van der Waals surface area contributed by atoms with E-state index in [-0.39, 0.29) is 75.1 Å². The van der Waals surface area contributed by atoms with Gasteiger partial charge in [0.15, 0.2) is 0 Å². The number of hydrogen-bond donors (Lipinski definition) is 0. The Bertz CT molecular complexity index is 8.00. The summed E-state index contributed by atoms with van der Waals surface area (Å²) in [6.45, 7) is 0. The Balaban J connectivity index is -0.00000000500. The summed E-state index contributed by atoms with van der Waals surface area (Å²) in [5, 5.41) is 0. The molecular formula is H6BaBiInS. The summed E-state index contributed by atoms with van der Waals surface area (Å²) in [5.41, 5.74) is 0. The van der Waals surface area contributed by atoms with Crippen LogP contribution in [0, 0.1) is 0 Å². The Hall–Kier alpha value is 3.54. The molecule has 0 saturated heterocycles. The van der Waals surface area contributed by atoms with E-state index in [0.29, 0.717) is 0 Å². The number of rotatable bonds is 0. The molecule has 0 aliphatic rings. The first kappa shape index (κ1) is 15.6. The maximum atomic E-state index is 4.25. The van der Waals surface area contributed by atoms with Crippen molar-refractivity contribution in [1.29, 1.82) is 0 Å². The zero-order valence-electron chi connectivity index (χ0n) is 1.82. The Morgan fingerprint density at radius 2 is 1.25 bits per heavy atom. The maximum absolute atomic E-state index is 4.25. The molecular weight excluding hydrogens is 493 g/mol. The Labute approximate surface area is 103 Å². The second-order valence-electron chi connectivity index (χ2n) is 0. The van der Waals surface area contributed by atoms with Crippen LogP contribution in [-0.2, 0) is 0 Å². The average Bonchev–Trinajstić information content (AvgIpc) is 1.00. The van der Waals surface area contributed by atoms with E-state index >= 15 is 0 Å². The summed E-state index contributed by atoms with van der Waals surface area (Å²) in [5.74, 6) is 0. The fourth-order valence-electron chi connectivity index (χ4n) is 0. The molecule has 22 valence electrons. The molecule has 0 aliphatic heterocycles. The van der Waals surface area contributed by atoms with Crippen LogP contribution in [0.4, 0.5) is 0 Å². The molecule has 0 spiro atoms. The fourth-order valence-corrected chi connectivity index (χ4v) is 0. The summed E-state index contributed by atoms with van der Waals surface area (Å²) in [6, 6.07) is 0. The Morgan fingerprint density at radius 3 is 1.25 bits per heavy atom. The molecule has 0 aliphatic carbocycles. The van der Waals surface area contributed by atoms with Crippen LogP contribution in [0.5, 0.6) is 0 Å². The van der Waals surface area contributed by atoms with Gasteiger partial charge in [-0.05, 0) is 0 Å². The molecule has 0 unspecified atom stereocenters. The van der Waals surface area contributed by atoms with Gasteiger partial charge in [-0.25, -0.2) is 0 Å². The predicted molar refractivity (Wildman–Crippen MR) is 33.2 cm³/mol. The van der Waals surface area contributed by atoms with Gasteiger partial charge in [0.1, 0.15) is 0 Å². The van der Waals surface area contributed by atoms with Gasteiger partial charge in [0.2, 0.25) is 0 Å². The normalized spacial score (nSPS) is 0.750. The molecule has 0 saturated carbocycles. The van der Waals surface area contributed by atoms with Gasteiger partial charge in [0.25, 0.3) is 0 Å². The molecule has 0 bridgehead atoms. The molecule has 0 rings (SSSR count). The summed E-state index contributed by atoms with van der Waals surface area (Å²) in [4.78, 5) is 0. The molecule has 0 N–H and O–H groups in total. The fraction of sp³-hybridized carbons (Fsp3) is 0. The minimum absolute atomic E-state index is 0. The molecule has 0 fully saturated rings. The summed E-state index contributed by atoms with van der Waals surface area (Å²) in [7, 11) is 4.25. The molecule has 4 heavy (non-hydrogen) atoms. The molecule has 0 nitrogen and oxygen atoms in total. The molecule has 4 heteroatoms. The van der Waals surface area contributed by atoms with E-state index in [1.807, 2.05) is 0 Å². The summed E-state index contributed by atoms with van der Waals surface area (Å²) < 4.78 is 0. The van der Waals surface area contributed by atoms with Crippen LogP contribution < -0.4 is 0 Å². The second-order valence-corrected chi connectivity index (χ2v) is 0. The van der Waals surface area contributed by atoms with Crippen LogP contribution in [-0.4, -0.2) is 97.4 Å². The number of hydrogen-bond acceptors (Lipinski definition) is 1. The van der Waals surface area contributed by atoms with Crippen LogP contribution in [0.2, 0.25) is 0 Å². The summed E-state index contributed by atoms with van der Waals surface area (Å²) in [6.07, 6.45) is 0. The van der Waals surface area contributed by atoms with Crippen LogP contribution in [0.15, 0.2) is 0 Å². The molecule has 0 aromatic carbocycles. The SMILES string of the molecule is [BaH2].[BiH3].[S]=[InH]. The topological polar surface area (TPSA) is 0 Å². The third-order valence-electron chi connectivity index (χ3n) is 0. The van der Waals surface area contributed by atoms with Crippen LogP contribution in [0.3, 0.4) is 0 Å². The first-order valence-electron chi connectivity index (χ1n) is 0.289. The standard InChI is InChI=1S/Ba.Bi.In.S.6H. The Kier molecular flexibility index (Phi) is 62.6. The van der Waals surface area contributed by atoms with Crippen LogP contribution >= 0.6 is 8.92 Å². The van der Waals surface area contributed by atoms with Crippen molar-refractivity contribution in [2.45, 2.75) is 0 Å². The zero-order chi connectivity index (χ0) is 2.00. The first-order chi connectivity index (χ1) is 1.00. The molecule has 0 aromatic heterocycles. The van der Waals surface area contributed by atoms with Gasteiger partial charge in [-0.15, -0.1) is 0 Å². The van der Waals surface area contributed by atoms with E-state index in [4.69, 9.17) is 0 Å². The third-order valence-corrected chi connectivity index (χ3v) is 0. The minimum atomic E-state index is 0. The third kappa shape index (κ3) is 9.11. The first-order valence-corrected chi connectivity index (χ1v) is 5.81. The molecule has 0 amide bonds. The van der Waals surface area contributed by atoms with Gasteiger partial charge in [0.05, 0.1) is 0 Å². The second kappa shape index (κ2) is 16.0. The zero-order valence-corrected chi connectivity index (χ0v) is 12.2. The predicted octanol–water partition coefficient (Wildman–Crippen LogP) is -2.10. The van der Waals surface area contributed by atoms with Crippen LogP contribution in [0.25, 0.3) is 0 Å². The van der Waals surface area contributed by atoms with Crippen LogP contribution in [0.1, 0.15) is 0 Å². The van der Waals surface area contributed by atoms with E-state index in [2.05, 4.69) is 8.92 Å². The monoisotopic (exact) mass is 500 g/mol.